The van der Waals surface area contributed by atoms with Crippen LogP contribution >= 0.6 is 12.6 Å². The van der Waals surface area contributed by atoms with E-state index in [0.717, 1.165) is 65.8 Å². The Morgan fingerprint density at radius 2 is 1.36 bits per heavy atom. The van der Waals surface area contributed by atoms with Gasteiger partial charge in [0.1, 0.15) is 6.17 Å². The van der Waals surface area contributed by atoms with Gasteiger partial charge in [-0.05, 0) is 88.0 Å². The van der Waals surface area contributed by atoms with E-state index in [-0.39, 0.29) is 0 Å². The summed E-state index contributed by atoms with van der Waals surface area (Å²) in [5.74, 6) is 0. The van der Waals surface area contributed by atoms with E-state index in [1.807, 2.05) is 72.9 Å². The van der Waals surface area contributed by atoms with Crippen molar-refractivity contribution in [2.75, 3.05) is 0 Å². The van der Waals surface area contributed by atoms with Crippen LogP contribution in [-0.2, 0) is 0 Å². The van der Waals surface area contributed by atoms with E-state index in [9.17, 15) is 5.26 Å². The monoisotopic (exact) mass is 584 g/mol. The van der Waals surface area contributed by atoms with E-state index >= 15 is 0 Å². The Labute approximate surface area is 261 Å². The first-order chi connectivity index (χ1) is 21.6. The number of fused-ring (bicyclic) bond motifs is 3. The third-order valence-electron chi connectivity index (χ3n) is 7.98. The highest BCUT2D eigenvalue weighted by Crippen LogP contribution is 2.37. The summed E-state index contributed by atoms with van der Waals surface area (Å²) in [7, 11) is 0. The van der Waals surface area contributed by atoms with Gasteiger partial charge in [0.2, 0.25) is 0 Å². The highest BCUT2D eigenvalue weighted by Gasteiger charge is 2.15. The quantitative estimate of drug-likeness (QED) is 0.151. The molecule has 0 amide bonds. The summed E-state index contributed by atoms with van der Waals surface area (Å²) in [5, 5.41) is 11.8. The van der Waals surface area contributed by atoms with Crippen molar-refractivity contribution < 1.29 is 0 Å². The van der Waals surface area contributed by atoms with Crippen LogP contribution < -0.4 is 5.73 Å². The maximum absolute atomic E-state index is 9.70. The van der Waals surface area contributed by atoms with Gasteiger partial charge in [0, 0.05) is 27.6 Å². The second-order valence-electron chi connectivity index (χ2n) is 10.7. The lowest BCUT2D eigenvalue weighted by atomic mass is 9.98. The second kappa shape index (κ2) is 11.7. The fraction of sp³-hybridized carbons (Fsp3) is 0.0256. The molecule has 1 atom stereocenters. The van der Waals surface area contributed by atoms with Gasteiger partial charge < -0.3 is 10.3 Å². The first kappa shape index (κ1) is 27.4. The lowest BCUT2D eigenvalue weighted by molar-refractivity contribution is 0.780. The molecule has 7 rings (SSSR count). The summed E-state index contributed by atoms with van der Waals surface area (Å²) < 4.78 is 2.25. The Morgan fingerprint density at radius 3 is 2.14 bits per heavy atom. The minimum absolute atomic E-state index is 0.412. The summed E-state index contributed by atoms with van der Waals surface area (Å²) >= 11 is 4.68. The zero-order valence-corrected chi connectivity index (χ0v) is 24.7. The lowest BCUT2D eigenvalue weighted by Gasteiger charge is -2.10. The molecule has 0 fully saturated rings. The van der Waals surface area contributed by atoms with Gasteiger partial charge in [0.25, 0.3) is 0 Å². The Morgan fingerprint density at radius 1 is 0.682 bits per heavy atom. The third kappa shape index (κ3) is 5.18. The molecule has 1 heterocycles. The molecule has 2 N–H and O–H groups in total. The molecule has 0 saturated heterocycles. The fourth-order valence-electron chi connectivity index (χ4n) is 5.75. The third-order valence-corrected chi connectivity index (χ3v) is 8.37. The Kier molecular flexibility index (Phi) is 7.29. The van der Waals surface area contributed by atoms with Crippen LogP contribution in [0.5, 0.6) is 0 Å². The van der Waals surface area contributed by atoms with E-state index in [2.05, 4.69) is 101 Å². The number of nitrogens with zero attached hydrogens (tertiary/aromatic N) is 3. The summed E-state index contributed by atoms with van der Waals surface area (Å²) in [6, 6.07) is 49.6. The maximum atomic E-state index is 9.70. The molecule has 1 unspecified atom stereocenters. The molecule has 0 spiro atoms. The Balaban J connectivity index is 1.29. The van der Waals surface area contributed by atoms with Crippen molar-refractivity contribution in [3.8, 4) is 34.0 Å². The number of rotatable bonds is 6. The normalized spacial score (nSPS) is 12.1. The Hall–Kier alpha value is -5.41. The molecule has 6 aromatic carbocycles. The van der Waals surface area contributed by atoms with E-state index < -0.39 is 6.17 Å². The standard InChI is InChI=1S/C39H28N4S/c40-24-27-15-19-36-34(21-27)35-23-30(29-9-6-10-31(22-29)33-11-4-5-12-38(33)44)16-20-37(35)43(36)32-17-13-26(14-18-32)25-42-39(41)28-7-2-1-3-8-28/h1-23,25,39,44H,41H2. The van der Waals surface area contributed by atoms with Gasteiger partial charge in [0.05, 0.1) is 22.7 Å². The van der Waals surface area contributed by atoms with Gasteiger partial charge in [-0.2, -0.15) is 5.26 Å². The number of hydrogen-bond acceptors (Lipinski definition) is 4. The van der Waals surface area contributed by atoms with Crippen molar-refractivity contribution in [2.24, 2.45) is 10.7 Å². The Bertz CT molecular complexity index is 2210. The van der Waals surface area contributed by atoms with Gasteiger partial charge in [0.15, 0.2) is 0 Å². The number of thiol groups is 1. The molecule has 0 radical (unpaired) electrons. The highest BCUT2D eigenvalue weighted by molar-refractivity contribution is 7.80. The average Bonchev–Trinajstić information content (AvgIpc) is 3.41. The van der Waals surface area contributed by atoms with Gasteiger partial charge in [-0.3, -0.25) is 4.99 Å². The second-order valence-corrected chi connectivity index (χ2v) is 11.2. The predicted octanol–water partition coefficient (Wildman–Crippen LogP) is 9.35. The SMILES string of the molecule is N#Cc1ccc2c(c1)c1cc(-c3cccc(-c4ccccc4S)c3)ccc1n2-c1ccc(C=NC(N)c2ccccc2)cc1. The smallest absolute Gasteiger partial charge is 0.123 e. The molecule has 5 heteroatoms. The minimum Gasteiger partial charge on any atom is -0.309 e. The van der Waals surface area contributed by atoms with Crippen LogP contribution in [0.25, 0.3) is 49.7 Å². The molecule has 4 nitrogen and oxygen atoms in total. The van der Waals surface area contributed by atoms with Crippen molar-refractivity contribution >= 4 is 40.6 Å². The van der Waals surface area contributed by atoms with E-state index in [1.54, 1.807) is 0 Å². The molecular formula is C39H28N4S. The first-order valence-electron chi connectivity index (χ1n) is 14.4. The van der Waals surface area contributed by atoms with Crippen LogP contribution in [0.1, 0.15) is 22.9 Å². The summed E-state index contributed by atoms with van der Waals surface area (Å²) in [6.07, 6.45) is 1.41. The van der Waals surface area contributed by atoms with Crippen LogP contribution in [0, 0.1) is 11.3 Å². The molecule has 0 saturated carbocycles. The number of nitrogens with two attached hydrogens (primary N) is 1. The van der Waals surface area contributed by atoms with Crippen LogP contribution in [0.3, 0.4) is 0 Å². The van der Waals surface area contributed by atoms with Crippen LogP contribution in [0.15, 0.2) is 149 Å². The molecule has 210 valence electrons. The molecular weight excluding hydrogens is 557 g/mol. The van der Waals surface area contributed by atoms with Gasteiger partial charge >= 0.3 is 0 Å². The number of benzene rings is 6. The fourth-order valence-corrected chi connectivity index (χ4v) is 6.04. The summed E-state index contributed by atoms with van der Waals surface area (Å²) in [6.45, 7) is 0. The van der Waals surface area contributed by atoms with Gasteiger partial charge in [-0.25, -0.2) is 0 Å². The minimum atomic E-state index is -0.412. The van der Waals surface area contributed by atoms with E-state index in [1.165, 1.54) is 0 Å². The molecule has 0 aliphatic carbocycles. The number of aliphatic imine (C=N–C) groups is 1. The average molecular weight is 585 g/mol. The summed E-state index contributed by atoms with van der Waals surface area (Å²) in [5.41, 5.74) is 16.4. The molecule has 44 heavy (non-hydrogen) atoms. The number of aromatic nitrogens is 1. The van der Waals surface area contributed by atoms with Crippen LogP contribution in [-0.4, -0.2) is 10.8 Å². The maximum Gasteiger partial charge on any atom is 0.123 e. The van der Waals surface area contributed by atoms with E-state index in [4.69, 9.17) is 5.73 Å². The zero-order chi connectivity index (χ0) is 30.0. The van der Waals surface area contributed by atoms with Crippen LogP contribution in [0.2, 0.25) is 0 Å². The molecule has 0 bridgehead atoms. The largest absolute Gasteiger partial charge is 0.309 e. The van der Waals surface area contributed by atoms with Crippen molar-refractivity contribution in [3.63, 3.8) is 0 Å². The van der Waals surface area contributed by atoms with Crippen molar-refractivity contribution in [1.82, 2.24) is 4.57 Å². The zero-order valence-electron chi connectivity index (χ0n) is 23.8. The molecule has 1 aromatic heterocycles. The van der Waals surface area contributed by atoms with Crippen molar-refractivity contribution in [2.45, 2.75) is 11.1 Å². The molecule has 0 aliphatic rings. The lowest BCUT2D eigenvalue weighted by Crippen LogP contribution is -2.07. The summed E-state index contributed by atoms with van der Waals surface area (Å²) in [4.78, 5) is 5.50. The number of hydrogen-bond donors (Lipinski definition) is 2. The van der Waals surface area contributed by atoms with Gasteiger partial charge in [-0.15, -0.1) is 12.6 Å². The van der Waals surface area contributed by atoms with Crippen LogP contribution in [0.4, 0.5) is 0 Å². The molecule has 0 aliphatic heterocycles. The first-order valence-corrected chi connectivity index (χ1v) is 14.8. The van der Waals surface area contributed by atoms with Crippen molar-refractivity contribution in [3.05, 3.63) is 156 Å². The topological polar surface area (TPSA) is 67.1 Å². The van der Waals surface area contributed by atoms with Crippen molar-refractivity contribution in [1.29, 1.82) is 5.26 Å². The highest BCUT2D eigenvalue weighted by atomic mass is 32.1. The van der Waals surface area contributed by atoms with Gasteiger partial charge in [-0.1, -0.05) is 84.9 Å². The predicted molar refractivity (Wildman–Crippen MR) is 185 cm³/mol. The van der Waals surface area contributed by atoms with E-state index in [0.29, 0.717) is 5.56 Å². The number of nitriles is 1. The molecule has 7 aromatic rings.